The Hall–Kier alpha value is -3.23. The fourth-order valence-corrected chi connectivity index (χ4v) is 4.52. The summed E-state index contributed by atoms with van der Waals surface area (Å²) in [4.78, 5) is 16.3. The van der Waals surface area contributed by atoms with Gasteiger partial charge in [-0.15, -0.1) is 0 Å². The summed E-state index contributed by atoms with van der Waals surface area (Å²) in [5.41, 5.74) is 3.69. The number of thioether (sulfide) groups is 1. The number of ether oxygens (including phenoxy) is 1. The van der Waals surface area contributed by atoms with Crippen molar-refractivity contribution in [3.05, 3.63) is 59.8 Å². The molecule has 162 valence electrons. The summed E-state index contributed by atoms with van der Waals surface area (Å²) in [5, 5.41) is 9.93. The maximum absolute atomic E-state index is 11.6. The van der Waals surface area contributed by atoms with Gasteiger partial charge in [-0.05, 0) is 49.4 Å². The average Bonchev–Trinajstić information content (AvgIpc) is 3.50. The molecule has 0 unspecified atom stereocenters. The molecule has 7 nitrogen and oxygen atoms in total. The minimum absolute atomic E-state index is 0.0513. The molecule has 3 heterocycles. The van der Waals surface area contributed by atoms with E-state index in [1.807, 2.05) is 42.5 Å². The summed E-state index contributed by atoms with van der Waals surface area (Å²) < 4.78 is 9.40. The van der Waals surface area contributed by atoms with Gasteiger partial charge >= 0.3 is 0 Å². The van der Waals surface area contributed by atoms with E-state index in [9.17, 15) is 4.79 Å². The Kier molecular flexibility index (Phi) is 5.40. The van der Waals surface area contributed by atoms with Crippen molar-refractivity contribution < 1.29 is 9.53 Å². The molecule has 1 N–H and O–H groups in total. The van der Waals surface area contributed by atoms with E-state index >= 15 is 0 Å². The molecular weight excluding hydrogens is 446 g/mol. The third-order valence-electron chi connectivity index (χ3n) is 5.27. The molecule has 1 amide bonds. The predicted octanol–water partition coefficient (Wildman–Crippen LogP) is 5.03. The molecule has 1 aliphatic rings. The number of carbonyl (C=O) groups excluding carboxylic acids is 1. The lowest BCUT2D eigenvalue weighted by Gasteiger charge is -2.05. The molecule has 0 radical (unpaired) electrons. The molecule has 4 aromatic rings. The third-order valence-corrected chi connectivity index (χ3v) is 6.39. The molecular formula is C23H20ClN5O2S. The number of nitrogens with one attached hydrogen (secondary N) is 1. The van der Waals surface area contributed by atoms with Gasteiger partial charge in [0.05, 0.1) is 24.2 Å². The minimum atomic E-state index is -0.0513. The minimum Gasteiger partial charge on any atom is -0.497 e. The first-order valence-electron chi connectivity index (χ1n) is 10.1. The number of aromatic nitrogens is 3. The maximum atomic E-state index is 11.6. The number of halogens is 1. The van der Waals surface area contributed by atoms with Gasteiger partial charge in [0.1, 0.15) is 5.75 Å². The first-order valence-corrected chi connectivity index (χ1v) is 11.5. The fourth-order valence-electron chi connectivity index (χ4n) is 3.71. The van der Waals surface area contributed by atoms with Gasteiger partial charge in [0.15, 0.2) is 11.0 Å². The van der Waals surface area contributed by atoms with Crippen LogP contribution in [0.4, 0.5) is 5.82 Å². The molecule has 5 rings (SSSR count). The number of carbonyl (C=O) groups is 1. The zero-order valence-corrected chi connectivity index (χ0v) is 19.1. The first kappa shape index (κ1) is 20.7. The Bertz CT molecular complexity index is 1360. The summed E-state index contributed by atoms with van der Waals surface area (Å²) in [6, 6.07) is 15.4. The van der Waals surface area contributed by atoms with Gasteiger partial charge in [-0.2, -0.15) is 5.10 Å². The summed E-state index contributed by atoms with van der Waals surface area (Å²) in [7, 11) is 1.66. The van der Waals surface area contributed by atoms with Crippen LogP contribution in [0.3, 0.4) is 0 Å². The van der Waals surface area contributed by atoms with Crippen molar-refractivity contribution in [2.24, 2.45) is 4.99 Å². The van der Waals surface area contributed by atoms with Crippen LogP contribution < -0.4 is 10.1 Å². The van der Waals surface area contributed by atoms with Crippen molar-refractivity contribution in [1.82, 2.24) is 19.7 Å². The van der Waals surface area contributed by atoms with E-state index in [1.165, 1.54) is 11.8 Å². The fraction of sp³-hybridized carbons (Fsp3) is 0.174. The maximum Gasteiger partial charge on any atom is 0.236 e. The summed E-state index contributed by atoms with van der Waals surface area (Å²) in [5.74, 6) is 1.72. The highest BCUT2D eigenvalue weighted by molar-refractivity contribution is 8.15. The lowest BCUT2D eigenvalue weighted by Crippen LogP contribution is -2.20. The van der Waals surface area contributed by atoms with Crippen molar-refractivity contribution in [2.75, 3.05) is 12.9 Å². The van der Waals surface area contributed by atoms with Gasteiger partial charge in [0.2, 0.25) is 5.91 Å². The van der Waals surface area contributed by atoms with E-state index in [0.717, 1.165) is 40.1 Å². The topological polar surface area (TPSA) is 73.4 Å². The van der Waals surface area contributed by atoms with E-state index in [1.54, 1.807) is 11.8 Å². The molecule has 0 saturated carbocycles. The van der Waals surface area contributed by atoms with Gasteiger partial charge in [-0.1, -0.05) is 23.4 Å². The second-order valence-corrected chi connectivity index (χ2v) is 8.64. The Morgan fingerprint density at radius 1 is 1.22 bits per heavy atom. The van der Waals surface area contributed by atoms with Gasteiger partial charge in [0, 0.05) is 40.3 Å². The number of methoxy groups -OCH3 is 1. The predicted molar refractivity (Wildman–Crippen MR) is 129 cm³/mol. The van der Waals surface area contributed by atoms with Crippen molar-refractivity contribution in [3.63, 3.8) is 0 Å². The van der Waals surface area contributed by atoms with Crippen LogP contribution in [0.1, 0.15) is 6.92 Å². The Balaban J connectivity index is 1.69. The summed E-state index contributed by atoms with van der Waals surface area (Å²) >= 11 is 7.46. The zero-order chi connectivity index (χ0) is 22.2. The van der Waals surface area contributed by atoms with Crippen LogP contribution in [0.25, 0.3) is 27.8 Å². The zero-order valence-electron chi connectivity index (χ0n) is 17.5. The monoisotopic (exact) mass is 465 g/mol. The van der Waals surface area contributed by atoms with Gasteiger partial charge in [-0.3, -0.25) is 4.79 Å². The number of hydrogen-bond donors (Lipinski definition) is 1. The average molecular weight is 466 g/mol. The molecule has 0 atom stereocenters. The number of aliphatic imine (C=N–C) groups is 1. The number of aryl methyl sites for hydroxylation is 1. The first-order chi connectivity index (χ1) is 15.6. The molecule has 2 aromatic carbocycles. The quantitative estimate of drug-likeness (QED) is 0.448. The number of fused-ring (bicyclic) bond motifs is 1. The number of amidine groups is 1. The lowest BCUT2D eigenvalue weighted by atomic mass is 10.1. The molecule has 2 aromatic heterocycles. The SMILES string of the molecule is CCn1cc(-c2cc(N=C3NC(=O)CS3)n(-c3ccc(Cl)cc3)n2)c2cc(OC)ccc21. The van der Waals surface area contributed by atoms with Gasteiger partial charge in [-0.25, -0.2) is 9.67 Å². The Labute approximate surface area is 194 Å². The molecule has 9 heteroatoms. The van der Waals surface area contributed by atoms with Crippen molar-refractivity contribution in [1.29, 1.82) is 0 Å². The smallest absolute Gasteiger partial charge is 0.236 e. The van der Waals surface area contributed by atoms with E-state index in [4.69, 9.17) is 21.4 Å². The van der Waals surface area contributed by atoms with Crippen LogP contribution >= 0.6 is 23.4 Å². The van der Waals surface area contributed by atoms with Crippen molar-refractivity contribution in [3.8, 4) is 22.7 Å². The molecule has 1 aliphatic heterocycles. The molecule has 0 aliphatic carbocycles. The standard InChI is InChI=1S/C23H20ClN5O2S/c1-3-28-12-18(17-10-16(31-2)8-9-20(17)28)19-11-21(25-23-26-22(30)13-32-23)29(27-19)15-6-4-14(24)5-7-15/h4-12H,3,13H2,1-2H3,(H,25,26,30). The van der Waals surface area contributed by atoms with Crippen LogP contribution in [-0.2, 0) is 11.3 Å². The Morgan fingerprint density at radius 3 is 2.72 bits per heavy atom. The molecule has 0 bridgehead atoms. The molecule has 32 heavy (non-hydrogen) atoms. The highest BCUT2D eigenvalue weighted by Crippen LogP contribution is 2.35. The second-order valence-electron chi connectivity index (χ2n) is 7.24. The summed E-state index contributed by atoms with van der Waals surface area (Å²) in [6.07, 6.45) is 2.10. The lowest BCUT2D eigenvalue weighted by molar-refractivity contribution is -0.116. The van der Waals surface area contributed by atoms with E-state index in [-0.39, 0.29) is 5.91 Å². The van der Waals surface area contributed by atoms with Crippen molar-refractivity contribution >= 4 is 51.2 Å². The number of benzene rings is 2. The molecule has 1 saturated heterocycles. The van der Waals surface area contributed by atoms with Crippen LogP contribution in [0.5, 0.6) is 5.75 Å². The van der Waals surface area contributed by atoms with Crippen molar-refractivity contribution in [2.45, 2.75) is 13.5 Å². The van der Waals surface area contributed by atoms with Gasteiger partial charge in [0.25, 0.3) is 0 Å². The number of amides is 1. The van der Waals surface area contributed by atoms with Crippen LogP contribution in [-0.4, -0.2) is 38.3 Å². The largest absolute Gasteiger partial charge is 0.497 e. The van der Waals surface area contributed by atoms with Crippen LogP contribution in [0.2, 0.25) is 5.02 Å². The summed E-state index contributed by atoms with van der Waals surface area (Å²) in [6.45, 7) is 2.94. The Morgan fingerprint density at radius 2 is 2.03 bits per heavy atom. The van der Waals surface area contributed by atoms with Gasteiger partial charge < -0.3 is 14.6 Å². The highest BCUT2D eigenvalue weighted by atomic mass is 35.5. The van der Waals surface area contributed by atoms with E-state index in [0.29, 0.717) is 21.8 Å². The van der Waals surface area contributed by atoms with Crippen LogP contribution in [0.15, 0.2) is 59.7 Å². The number of nitrogens with zero attached hydrogens (tertiary/aromatic N) is 4. The van der Waals surface area contributed by atoms with Crippen LogP contribution in [0, 0.1) is 0 Å². The third kappa shape index (κ3) is 3.76. The molecule has 0 spiro atoms. The van der Waals surface area contributed by atoms with E-state index in [2.05, 4.69) is 34.1 Å². The van der Waals surface area contributed by atoms with E-state index < -0.39 is 0 Å². The normalized spacial score (nSPS) is 15.0. The highest BCUT2D eigenvalue weighted by Gasteiger charge is 2.20. The second kappa shape index (κ2) is 8.37. The molecule has 1 fully saturated rings. The number of hydrogen-bond acceptors (Lipinski definition) is 5. The number of rotatable bonds is 5.